The molecule has 0 saturated carbocycles. The van der Waals surface area contributed by atoms with Crippen molar-refractivity contribution in [1.29, 1.82) is 5.26 Å². The number of esters is 1. The molecule has 1 spiro atoms. The van der Waals surface area contributed by atoms with Crippen LogP contribution >= 0.6 is 23.2 Å². The summed E-state index contributed by atoms with van der Waals surface area (Å²) >= 11 is 12.4. The van der Waals surface area contributed by atoms with Gasteiger partial charge in [-0.15, -0.1) is 0 Å². The number of urea groups is 1. The van der Waals surface area contributed by atoms with Crippen molar-refractivity contribution in [1.82, 2.24) is 15.1 Å². The first kappa shape index (κ1) is 30.3. The molecule has 2 aromatic carbocycles. The summed E-state index contributed by atoms with van der Waals surface area (Å²) in [6.45, 7) is 5.73. The van der Waals surface area contributed by atoms with Gasteiger partial charge < -0.3 is 15.0 Å². The van der Waals surface area contributed by atoms with Crippen molar-refractivity contribution in [3.63, 3.8) is 0 Å². The fourth-order valence-corrected chi connectivity index (χ4v) is 5.88. The highest BCUT2D eigenvalue weighted by molar-refractivity contribution is 6.35. The first-order valence-corrected chi connectivity index (χ1v) is 13.8. The summed E-state index contributed by atoms with van der Waals surface area (Å²) in [5.41, 5.74) is -0.502. The van der Waals surface area contributed by atoms with E-state index in [1.165, 1.54) is 23.1 Å². The number of nitrogens with one attached hydrogen (secondary N) is 1. The number of amides is 4. The van der Waals surface area contributed by atoms with E-state index in [4.69, 9.17) is 27.9 Å². The van der Waals surface area contributed by atoms with Gasteiger partial charge >= 0.3 is 12.0 Å². The van der Waals surface area contributed by atoms with Crippen LogP contribution in [0.3, 0.4) is 0 Å². The lowest BCUT2D eigenvalue weighted by atomic mass is 9.80. The molecule has 2 heterocycles. The number of benzene rings is 2. The maximum Gasteiger partial charge on any atom is 0.332 e. The second-order valence-electron chi connectivity index (χ2n) is 11.2. The molecule has 12 heteroatoms. The second kappa shape index (κ2) is 11.7. The van der Waals surface area contributed by atoms with E-state index in [2.05, 4.69) is 11.4 Å². The summed E-state index contributed by atoms with van der Waals surface area (Å²) in [5, 5.41) is 12.5. The Kier molecular flexibility index (Phi) is 8.64. The molecule has 2 aromatic rings. The van der Waals surface area contributed by atoms with E-state index in [-0.39, 0.29) is 47.7 Å². The number of nitriles is 1. The van der Waals surface area contributed by atoms with Gasteiger partial charge in [-0.05, 0) is 56.7 Å². The molecule has 4 rings (SSSR count). The van der Waals surface area contributed by atoms with E-state index in [1.54, 1.807) is 52.1 Å². The summed E-state index contributed by atoms with van der Waals surface area (Å²) in [4.78, 5) is 56.9. The normalized spacial score (nSPS) is 21.0. The number of nitrogens with zero attached hydrogens (tertiary/aromatic N) is 4. The number of imide groups is 1. The number of likely N-dealkylation sites (N-methyl/N-ethyl adjacent to an activating group) is 1. The minimum Gasteiger partial charge on any atom is -0.460 e. The Morgan fingerprint density at radius 1 is 1.12 bits per heavy atom. The predicted octanol–water partition coefficient (Wildman–Crippen LogP) is 3.95. The molecule has 1 N–H and O–H groups in total. The van der Waals surface area contributed by atoms with Gasteiger partial charge in [-0.2, -0.15) is 5.26 Å². The minimum absolute atomic E-state index is 0.0215. The molecule has 2 atom stereocenters. The zero-order valence-electron chi connectivity index (χ0n) is 23.2. The Bertz CT molecular complexity index is 1400. The average Bonchev–Trinajstić information content (AvgIpc) is 3.34. The van der Waals surface area contributed by atoms with E-state index in [0.29, 0.717) is 12.1 Å². The van der Waals surface area contributed by atoms with Gasteiger partial charge in [-0.1, -0.05) is 35.3 Å². The molecule has 0 bridgehead atoms. The zero-order valence-corrected chi connectivity index (χ0v) is 24.8. The molecule has 216 valence electrons. The van der Waals surface area contributed by atoms with Gasteiger partial charge in [0, 0.05) is 42.6 Å². The maximum atomic E-state index is 14.2. The Labute approximate surface area is 248 Å². The van der Waals surface area contributed by atoms with E-state index < -0.39 is 35.0 Å². The van der Waals surface area contributed by atoms with Crippen LogP contribution in [0.4, 0.5) is 10.5 Å². The van der Waals surface area contributed by atoms with Gasteiger partial charge in [-0.25, -0.2) is 9.69 Å². The van der Waals surface area contributed by atoms with Crippen LogP contribution in [0.15, 0.2) is 42.5 Å². The summed E-state index contributed by atoms with van der Waals surface area (Å²) < 4.78 is 5.27. The lowest BCUT2D eigenvalue weighted by Crippen LogP contribution is -2.54. The SMILES string of the molecule is CN1C(=O)N(c2cc(Cl)cc(Cl)c2)C(=O)C12CN(CC(=O)NCCC(=O)OC(C)(C)C)CC2c1ccc(C#N)cc1. The number of anilines is 1. The fourth-order valence-electron chi connectivity index (χ4n) is 5.37. The van der Waals surface area contributed by atoms with Crippen molar-refractivity contribution in [3.8, 4) is 6.07 Å². The highest BCUT2D eigenvalue weighted by Crippen LogP contribution is 2.46. The van der Waals surface area contributed by atoms with Crippen LogP contribution in [-0.2, 0) is 19.1 Å². The van der Waals surface area contributed by atoms with Crippen LogP contribution in [0.25, 0.3) is 0 Å². The number of halogens is 2. The summed E-state index contributed by atoms with van der Waals surface area (Å²) in [6, 6.07) is 12.9. The standard InChI is InChI=1S/C29H31Cl2N5O5/c1-28(2,3)41-25(38)9-10-33-24(37)16-35-15-23(19-7-5-18(14-32)6-8-19)29(17-35)26(39)36(27(40)34(29)4)22-12-20(30)11-21(31)13-22/h5-8,11-13,23H,9-10,15-17H2,1-4H3,(H,33,37). The van der Waals surface area contributed by atoms with Crippen molar-refractivity contribution in [2.45, 2.75) is 44.2 Å². The molecule has 2 aliphatic rings. The van der Waals surface area contributed by atoms with Crippen LogP contribution in [0.2, 0.25) is 10.0 Å². The van der Waals surface area contributed by atoms with Crippen molar-refractivity contribution < 1.29 is 23.9 Å². The monoisotopic (exact) mass is 599 g/mol. The van der Waals surface area contributed by atoms with Gasteiger partial charge in [0.2, 0.25) is 5.91 Å². The molecule has 41 heavy (non-hydrogen) atoms. The Balaban J connectivity index is 1.59. The van der Waals surface area contributed by atoms with Gasteiger partial charge in [0.25, 0.3) is 5.91 Å². The first-order valence-electron chi connectivity index (χ1n) is 13.0. The molecule has 4 amide bonds. The summed E-state index contributed by atoms with van der Waals surface area (Å²) in [6.07, 6.45) is 0.0215. The zero-order chi connectivity index (χ0) is 30.1. The number of hydrogen-bond donors (Lipinski definition) is 1. The molecule has 2 saturated heterocycles. The highest BCUT2D eigenvalue weighted by Gasteiger charge is 2.64. The Hall–Kier alpha value is -3.65. The molecule has 10 nitrogen and oxygen atoms in total. The molecule has 0 aliphatic carbocycles. The van der Waals surface area contributed by atoms with Crippen LogP contribution in [0.5, 0.6) is 0 Å². The number of ether oxygens (including phenoxy) is 1. The molecule has 2 fully saturated rings. The number of likely N-dealkylation sites (tertiary alicyclic amines) is 1. The highest BCUT2D eigenvalue weighted by atomic mass is 35.5. The average molecular weight is 601 g/mol. The smallest absolute Gasteiger partial charge is 0.332 e. The molecule has 2 aliphatic heterocycles. The predicted molar refractivity (Wildman–Crippen MR) is 154 cm³/mol. The van der Waals surface area contributed by atoms with Gasteiger partial charge in [0.05, 0.1) is 30.3 Å². The van der Waals surface area contributed by atoms with Crippen molar-refractivity contribution in [3.05, 3.63) is 63.6 Å². The van der Waals surface area contributed by atoms with Crippen molar-refractivity contribution in [2.24, 2.45) is 0 Å². The lowest BCUT2D eigenvalue weighted by Gasteiger charge is -2.34. The first-order chi connectivity index (χ1) is 19.2. The van der Waals surface area contributed by atoms with Crippen molar-refractivity contribution >= 4 is 52.7 Å². The molecule has 0 aromatic heterocycles. The summed E-state index contributed by atoms with van der Waals surface area (Å²) in [5.74, 6) is -1.73. The Morgan fingerprint density at radius 2 is 1.76 bits per heavy atom. The fraction of sp³-hybridized carbons (Fsp3) is 0.414. The number of rotatable bonds is 7. The van der Waals surface area contributed by atoms with Gasteiger partial charge in [-0.3, -0.25) is 19.3 Å². The van der Waals surface area contributed by atoms with Gasteiger partial charge in [0.15, 0.2) is 0 Å². The molecular weight excluding hydrogens is 569 g/mol. The van der Waals surface area contributed by atoms with E-state index in [9.17, 15) is 24.4 Å². The van der Waals surface area contributed by atoms with Crippen LogP contribution < -0.4 is 10.2 Å². The number of carbonyl (C=O) groups excluding carboxylic acids is 4. The van der Waals surface area contributed by atoms with Crippen LogP contribution in [0.1, 0.15) is 44.2 Å². The van der Waals surface area contributed by atoms with Crippen LogP contribution in [-0.4, -0.2) is 78.0 Å². The minimum atomic E-state index is -1.34. The van der Waals surface area contributed by atoms with E-state index in [0.717, 1.165) is 10.5 Å². The van der Waals surface area contributed by atoms with E-state index in [1.807, 2.05) is 4.90 Å². The van der Waals surface area contributed by atoms with Crippen LogP contribution in [0, 0.1) is 11.3 Å². The Morgan fingerprint density at radius 3 is 2.34 bits per heavy atom. The van der Waals surface area contributed by atoms with E-state index >= 15 is 0 Å². The molecular formula is C29H31Cl2N5O5. The third-order valence-corrected chi connectivity index (χ3v) is 7.55. The van der Waals surface area contributed by atoms with Crippen molar-refractivity contribution in [2.75, 3.05) is 38.1 Å². The molecule has 2 unspecified atom stereocenters. The second-order valence-corrected chi connectivity index (χ2v) is 12.0. The number of hydrogen-bond acceptors (Lipinski definition) is 7. The third-order valence-electron chi connectivity index (χ3n) is 7.12. The topological polar surface area (TPSA) is 123 Å². The lowest BCUT2D eigenvalue weighted by molar-refractivity contribution is -0.154. The third kappa shape index (κ3) is 6.32. The number of carbonyl (C=O) groups is 4. The largest absolute Gasteiger partial charge is 0.460 e. The quantitative estimate of drug-likeness (QED) is 0.377. The maximum absolute atomic E-state index is 14.2. The van der Waals surface area contributed by atoms with Gasteiger partial charge in [0.1, 0.15) is 11.1 Å². The summed E-state index contributed by atoms with van der Waals surface area (Å²) in [7, 11) is 1.56. The molecule has 0 radical (unpaired) electrons.